The molecule has 34 heavy (non-hydrogen) atoms. The fraction of sp³-hybridized carbons (Fsp3) is 0.103. The molecule has 0 saturated heterocycles. The number of rotatable bonds is 6. The summed E-state index contributed by atoms with van der Waals surface area (Å²) in [5, 5.41) is 0. The molecule has 0 spiro atoms. The van der Waals surface area contributed by atoms with Crippen molar-refractivity contribution < 1.29 is 18.3 Å². The SMILES string of the molecule is Cc1ccccc1OP(=O)(Oc1ccccc1C)C1C=C(c2ccccc2)Oc2ccccc21. The lowest BCUT2D eigenvalue weighted by Crippen LogP contribution is -2.15. The Balaban J connectivity index is 1.67. The third-order valence-corrected chi connectivity index (χ3v) is 7.82. The molecule has 0 fully saturated rings. The summed E-state index contributed by atoms with van der Waals surface area (Å²) in [6.45, 7) is 3.85. The van der Waals surface area contributed by atoms with Gasteiger partial charge in [-0.05, 0) is 49.2 Å². The normalized spacial score (nSPS) is 15.0. The van der Waals surface area contributed by atoms with Crippen LogP contribution in [0.4, 0.5) is 0 Å². The van der Waals surface area contributed by atoms with Crippen LogP contribution >= 0.6 is 7.60 Å². The van der Waals surface area contributed by atoms with E-state index in [9.17, 15) is 4.57 Å². The fourth-order valence-corrected chi connectivity index (χ4v) is 6.04. The number of ether oxygens (including phenoxy) is 1. The number of hydrogen-bond acceptors (Lipinski definition) is 4. The van der Waals surface area contributed by atoms with Crippen molar-refractivity contribution in [3.8, 4) is 17.2 Å². The Morgan fingerprint density at radius 1 is 0.676 bits per heavy atom. The molecule has 4 nitrogen and oxygen atoms in total. The minimum Gasteiger partial charge on any atom is -0.457 e. The van der Waals surface area contributed by atoms with E-state index in [-0.39, 0.29) is 0 Å². The lowest BCUT2D eigenvalue weighted by Gasteiger charge is -2.31. The number of aryl methyl sites for hydroxylation is 2. The quantitative estimate of drug-likeness (QED) is 0.268. The van der Waals surface area contributed by atoms with Gasteiger partial charge >= 0.3 is 7.60 Å². The van der Waals surface area contributed by atoms with Gasteiger partial charge in [-0.3, -0.25) is 0 Å². The zero-order valence-electron chi connectivity index (χ0n) is 19.0. The van der Waals surface area contributed by atoms with Crippen molar-refractivity contribution >= 4 is 13.4 Å². The van der Waals surface area contributed by atoms with Crippen molar-refractivity contribution in [2.24, 2.45) is 0 Å². The molecule has 1 aliphatic rings. The highest BCUT2D eigenvalue weighted by atomic mass is 31.2. The monoisotopic (exact) mass is 468 g/mol. The topological polar surface area (TPSA) is 44.8 Å². The second-order valence-corrected chi connectivity index (χ2v) is 10.2. The van der Waals surface area contributed by atoms with Crippen LogP contribution in [0.15, 0.2) is 109 Å². The van der Waals surface area contributed by atoms with E-state index in [1.54, 1.807) is 0 Å². The Labute approximate surface area is 200 Å². The second-order valence-electron chi connectivity index (χ2n) is 8.24. The molecule has 0 aliphatic carbocycles. The number of benzene rings is 4. The van der Waals surface area contributed by atoms with Crippen molar-refractivity contribution in [3.05, 3.63) is 131 Å². The van der Waals surface area contributed by atoms with E-state index >= 15 is 0 Å². The predicted molar refractivity (Wildman–Crippen MR) is 135 cm³/mol. The van der Waals surface area contributed by atoms with Crippen LogP contribution in [0.1, 0.15) is 27.9 Å². The highest BCUT2D eigenvalue weighted by molar-refractivity contribution is 7.55. The summed E-state index contributed by atoms with van der Waals surface area (Å²) in [5.41, 5.74) is 2.73. The van der Waals surface area contributed by atoms with E-state index < -0.39 is 13.3 Å². The van der Waals surface area contributed by atoms with Gasteiger partial charge in [-0.1, -0.05) is 84.9 Å². The smallest absolute Gasteiger partial charge is 0.442 e. The van der Waals surface area contributed by atoms with E-state index in [0.29, 0.717) is 23.0 Å². The summed E-state index contributed by atoms with van der Waals surface area (Å²) in [6, 6.07) is 32.4. The second kappa shape index (κ2) is 9.24. The van der Waals surface area contributed by atoms with Gasteiger partial charge in [0, 0.05) is 11.1 Å². The molecule has 5 heteroatoms. The molecule has 0 amide bonds. The average molecular weight is 468 g/mol. The van der Waals surface area contributed by atoms with E-state index in [0.717, 1.165) is 22.3 Å². The molecule has 4 aromatic rings. The van der Waals surface area contributed by atoms with Crippen LogP contribution in [0.5, 0.6) is 17.2 Å². The minimum atomic E-state index is -3.84. The molecular weight excluding hydrogens is 443 g/mol. The zero-order chi connectivity index (χ0) is 23.5. The van der Waals surface area contributed by atoms with Crippen LogP contribution in [0.3, 0.4) is 0 Å². The molecule has 1 heterocycles. The molecule has 0 saturated carbocycles. The Bertz CT molecular complexity index is 1340. The third kappa shape index (κ3) is 4.37. The van der Waals surface area contributed by atoms with Gasteiger partial charge in [0.05, 0.1) is 0 Å². The summed E-state index contributed by atoms with van der Waals surface area (Å²) in [5.74, 6) is 2.30. The predicted octanol–water partition coefficient (Wildman–Crippen LogP) is 8.13. The van der Waals surface area contributed by atoms with Gasteiger partial charge in [0.2, 0.25) is 0 Å². The molecular formula is C29H25O4P. The number of para-hydroxylation sites is 3. The molecule has 1 atom stereocenters. The Morgan fingerprint density at radius 3 is 1.82 bits per heavy atom. The summed E-state index contributed by atoms with van der Waals surface area (Å²) in [6.07, 6.45) is 1.86. The first kappa shape index (κ1) is 22.1. The molecule has 0 aromatic heterocycles. The lowest BCUT2D eigenvalue weighted by molar-refractivity contribution is 0.373. The van der Waals surface area contributed by atoms with Crippen LogP contribution in [0, 0.1) is 13.8 Å². The standard InChI is InChI=1S/C29H25O4P/c1-21-12-6-9-17-25(21)32-34(30,33-26-18-10-7-13-22(26)2)29-20-28(23-14-4-3-5-15-23)31-27-19-11-8-16-24(27)29/h3-20,29H,1-2H3. The summed E-state index contributed by atoms with van der Waals surface area (Å²) in [7, 11) is -3.84. The maximum atomic E-state index is 14.8. The fourth-order valence-electron chi connectivity index (χ4n) is 3.95. The van der Waals surface area contributed by atoms with E-state index in [1.807, 2.05) is 123 Å². The maximum absolute atomic E-state index is 14.8. The molecule has 4 aromatic carbocycles. The summed E-state index contributed by atoms with van der Waals surface area (Å²) >= 11 is 0. The molecule has 5 rings (SSSR count). The molecule has 0 N–H and O–H groups in total. The number of allylic oxidation sites excluding steroid dienone is 1. The summed E-state index contributed by atoms with van der Waals surface area (Å²) < 4.78 is 33.6. The van der Waals surface area contributed by atoms with Gasteiger partial charge in [-0.25, -0.2) is 4.57 Å². The highest BCUT2D eigenvalue weighted by Gasteiger charge is 2.43. The van der Waals surface area contributed by atoms with Crippen molar-refractivity contribution in [3.63, 3.8) is 0 Å². The largest absolute Gasteiger partial charge is 0.457 e. The Morgan fingerprint density at radius 2 is 1.21 bits per heavy atom. The number of fused-ring (bicyclic) bond motifs is 1. The first-order valence-electron chi connectivity index (χ1n) is 11.2. The van der Waals surface area contributed by atoms with Gasteiger partial charge in [0.25, 0.3) is 0 Å². The van der Waals surface area contributed by atoms with E-state index in [2.05, 4.69) is 0 Å². The highest BCUT2D eigenvalue weighted by Crippen LogP contribution is 2.64. The van der Waals surface area contributed by atoms with Gasteiger partial charge < -0.3 is 13.8 Å². The Hall–Kier alpha value is -3.75. The van der Waals surface area contributed by atoms with Gasteiger partial charge in [-0.2, -0.15) is 0 Å². The van der Waals surface area contributed by atoms with E-state index in [4.69, 9.17) is 13.8 Å². The molecule has 1 unspecified atom stereocenters. The minimum absolute atomic E-state index is 0.526. The van der Waals surface area contributed by atoms with Crippen LogP contribution in [0.25, 0.3) is 5.76 Å². The van der Waals surface area contributed by atoms with Crippen LogP contribution in [0.2, 0.25) is 0 Å². The molecule has 0 bridgehead atoms. The van der Waals surface area contributed by atoms with Crippen molar-refractivity contribution in [1.29, 1.82) is 0 Å². The maximum Gasteiger partial charge on any atom is 0.442 e. The summed E-state index contributed by atoms with van der Waals surface area (Å²) in [4.78, 5) is 0. The zero-order valence-corrected chi connectivity index (χ0v) is 19.9. The number of hydrogen-bond donors (Lipinski definition) is 0. The molecule has 1 aliphatic heterocycles. The third-order valence-electron chi connectivity index (χ3n) is 5.80. The lowest BCUT2D eigenvalue weighted by atomic mass is 10.0. The van der Waals surface area contributed by atoms with Crippen LogP contribution in [-0.4, -0.2) is 0 Å². The first-order chi connectivity index (χ1) is 16.5. The van der Waals surface area contributed by atoms with E-state index in [1.165, 1.54) is 0 Å². The Kier molecular flexibility index (Phi) is 6.00. The van der Waals surface area contributed by atoms with Gasteiger partial charge in [0.1, 0.15) is 28.7 Å². The van der Waals surface area contributed by atoms with Crippen LogP contribution < -0.4 is 13.8 Å². The van der Waals surface area contributed by atoms with Crippen molar-refractivity contribution in [2.75, 3.05) is 0 Å². The van der Waals surface area contributed by atoms with Crippen molar-refractivity contribution in [1.82, 2.24) is 0 Å². The average Bonchev–Trinajstić information content (AvgIpc) is 2.87. The molecule has 0 radical (unpaired) electrons. The molecule has 170 valence electrons. The first-order valence-corrected chi connectivity index (χ1v) is 12.8. The van der Waals surface area contributed by atoms with Gasteiger partial charge in [0.15, 0.2) is 0 Å². The van der Waals surface area contributed by atoms with Crippen LogP contribution in [-0.2, 0) is 4.57 Å². The van der Waals surface area contributed by atoms with Gasteiger partial charge in [-0.15, -0.1) is 0 Å². The van der Waals surface area contributed by atoms with Crippen molar-refractivity contribution in [2.45, 2.75) is 19.5 Å².